The maximum absolute atomic E-state index is 10.9. The number of carbonyl (C=O) groups is 2. The Labute approximate surface area is 104 Å². The molecule has 1 aliphatic rings. The zero-order chi connectivity index (χ0) is 13.4. The Morgan fingerprint density at radius 1 is 0.944 bits per heavy atom. The van der Waals surface area contributed by atoms with Crippen LogP contribution in [-0.2, 0) is 28.5 Å². The SMILES string of the molecule is COC(=O)COC1=C(OCC(=O)OC)C=C=C=C1. The van der Waals surface area contributed by atoms with E-state index in [1.54, 1.807) is 0 Å². The molecule has 0 aliphatic heterocycles. The molecule has 18 heavy (non-hydrogen) atoms. The van der Waals surface area contributed by atoms with Crippen LogP contribution in [0.4, 0.5) is 0 Å². The molecular formula is C12H12O6. The average molecular weight is 252 g/mol. The van der Waals surface area contributed by atoms with Crippen molar-refractivity contribution in [3.05, 3.63) is 35.1 Å². The van der Waals surface area contributed by atoms with Crippen molar-refractivity contribution in [2.75, 3.05) is 27.4 Å². The van der Waals surface area contributed by atoms with Gasteiger partial charge in [0, 0.05) is 12.2 Å². The molecule has 1 rings (SSSR count). The summed E-state index contributed by atoms with van der Waals surface area (Å²) in [5.41, 5.74) is 5.29. The first-order valence-corrected chi connectivity index (χ1v) is 4.98. The summed E-state index contributed by atoms with van der Waals surface area (Å²) in [7, 11) is 2.51. The number of rotatable bonds is 6. The molecule has 0 aromatic heterocycles. The molecule has 96 valence electrons. The highest BCUT2D eigenvalue weighted by atomic mass is 16.6. The van der Waals surface area contributed by atoms with E-state index in [1.807, 2.05) is 0 Å². The van der Waals surface area contributed by atoms with Gasteiger partial charge in [0.25, 0.3) is 0 Å². The number of methoxy groups -OCH3 is 2. The number of esters is 2. The van der Waals surface area contributed by atoms with Gasteiger partial charge in [-0.15, -0.1) is 0 Å². The topological polar surface area (TPSA) is 71.1 Å². The van der Waals surface area contributed by atoms with Crippen molar-refractivity contribution >= 4 is 11.9 Å². The summed E-state index contributed by atoms with van der Waals surface area (Å²) in [4.78, 5) is 21.9. The summed E-state index contributed by atoms with van der Waals surface area (Å²) in [6.45, 7) is -0.522. The van der Waals surface area contributed by atoms with Crippen LogP contribution in [0.1, 0.15) is 0 Å². The van der Waals surface area contributed by atoms with Crippen molar-refractivity contribution in [3.8, 4) is 0 Å². The second-order valence-corrected chi connectivity index (χ2v) is 3.04. The van der Waals surface area contributed by atoms with Crippen LogP contribution in [0, 0.1) is 0 Å². The molecule has 0 aromatic rings. The van der Waals surface area contributed by atoms with Crippen LogP contribution >= 0.6 is 0 Å². The van der Waals surface area contributed by atoms with Gasteiger partial charge in [-0.05, 0) is 0 Å². The molecule has 0 bridgehead atoms. The first kappa shape index (κ1) is 13.6. The van der Waals surface area contributed by atoms with Gasteiger partial charge in [-0.1, -0.05) is 11.5 Å². The number of hydrogen-bond acceptors (Lipinski definition) is 6. The molecule has 0 unspecified atom stereocenters. The van der Waals surface area contributed by atoms with Gasteiger partial charge in [-0.3, -0.25) is 0 Å². The molecule has 0 radical (unpaired) electrons. The molecule has 0 saturated heterocycles. The van der Waals surface area contributed by atoms with Gasteiger partial charge in [0.15, 0.2) is 24.7 Å². The fourth-order valence-electron chi connectivity index (χ4n) is 0.973. The van der Waals surface area contributed by atoms with E-state index in [-0.39, 0.29) is 24.7 Å². The van der Waals surface area contributed by atoms with Gasteiger partial charge >= 0.3 is 11.9 Å². The van der Waals surface area contributed by atoms with Gasteiger partial charge < -0.3 is 18.9 Å². The molecule has 0 saturated carbocycles. The summed E-state index contributed by atoms with van der Waals surface area (Å²) in [6, 6.07) is 0. The first-order chi connectivity index (χ1) is 8.67. The van der Waals surface area contributed by atoms with E-state index in [0.29, 0.717) is 0 Å². The largest absolute Gasteiger partial charge is 0.477 e. The van der Waals surface area contributed by atoms with Crippen molar-refractivity contribution in [1.82, 2.24) is 0 Å². The maximum Gasteiger partial charge on any atom is 0.343 e. The van der Waals surface area contributed by atoms with E-state index in [4.69, 9.17) is 9.47 Å². The third-order valence-electron chi connectivity index (χ3n) is 1.88. The van der Waals surface area contributed by atoms with E-state index in [0.717, 1.165) is 0 Å². The zero-order valence-corrected chi connectivity index (χ0v) is 10.0. The monoisotopic (exact) mass is 252 g/mol. The normalized spacial score (nSPS) is 12.3. The molecule has 0 N–H and O–H groups in total. The van der Waals surface area contributed by atoms with Crippen molar-refractivity contribution in [3.63, 3.8) is 0 Å². The van der Waals surface area contributed by atoms with Gasteiger partial charge in [0.1, 0.15) is 0 Å². The molecule has 1 aliphatic carbocycles. The zero-order valence-electron chi connectivity index (χ0n) is 10.0. The second-order valence-electron chi connectivity index (χ2n) is 3.04. The van der Waals surface area contributed by atoms with E-state index in [1.165, 1.54) is 26.4 Å². The molecular weight excluding hydrogens is 240 g/mol. The molecule has 6 heteroatoms. The van der Waals surface area contributed by atoms with Crippen molar-refractivity contribution in [2.24, 2.45) is 0 Å². The quantitative estimate of drug-likeness (QED) is 0.505. The lowest BCUT2D eigenvalue weighted by atomic mass is 10.3. The predicted octanol–water partition coefficient (Wildman–Crippen LogP) is 0.457. The Hall–Kier alpha value is -2.42. The lowest BCUT2D eigenvalue weighted by Crippen LogP contribution is -2.13. The predicted molar refractivity (Wildman–Crippen MR) is 59.1 cm³/mol. The molecule has 0 atom stereocenters. The summed E-state index contributed by atoms with van der Waals surface area (Å²) >= 11 is 0. The van der Waals surface area contributed by atoms with Crippen LogP contribution in [0.25, 0.3) is 0 Å². The first-order valence-electron chi connectivity index (χ1n) is 4.98. The van der Waals surface area contributed by atoms with E-state index < -0.39 is 11.9 Å². The van der Waals surface area contributed by atoms with Gasteiger partial charge in [-0.2, -0.15) is 0 Å². The van der Waals surface area contributed by atoms with Gasteiger partial charge in [0.2, 0.25) is 0 Å². The number of hydrogen-bond donors (Lipinski definition) is 0. The van der Waals surface area contributed by atoms with Crippen molar-refractivity contribution in [2.45, 2.75) is 0 Å². The van der Waals surface area contributed by atoms with E-state index in [2.05, 4.69) is 20.9 Å². The molecule has 0 heterocycles. The lowest BCUT2D eigenvalue weighted by molar-refractivity contribution is -0.146. The fourth-order valence-corrected chi connectivity index (χ4v) is 0.973. The Morgan fingerprint density at radius 2 is 1.33 bits per heavy atom. The minimum atomic E-state index is -0.526. The minimum Gasteiger partial charge on any atom is -0.477 e. The Bertz CT molecular complexity index is 419. The highest BCUT2D eigenvalue weighted by Gasteiger charge is 2.11. The lowest BCUT2D eigenvalue weighted by Gasteiger charge is -2.11. The highest BCUT2D eigenvalue weighted by Crippen LogP contribution is 2.13. The third kappa shape index (κ3) is 4.22. The average Bonchev–Trinajstić information content (AvgIpc) is 2.42. The molecule has 6 nitrogen and oxygen atoms in total. The molecule has 0 fully saturated rings. The summed E-state index contributed by atoms with van der Waals surface area (Å²) < 4.78 is 19.2. The van der Waals surface area contributed by atoms with Crippen LogP contribution in [-0.4, -0.2) is 39.4 Å². The Balaban J connectivity index is 2.61. The van der Waals surface area contributed by atoms with Crippen LogP contribution in [0.2, 0.25) is 0 Å². The maximum atomic E-state index is 10.9. The minimum absolute atomic E-state index is 0.261. The van der Waals surface area contributed by atoms with Gasteiger partial charge in [0.05, 0.1) is 14.2 Å². The summed E-state index contributed by atoms with van der Waals surface area (Å²) in [6.07, 6.45) is 2.88. The van der Waals surface area contributed by atoms with Crippen LogP contribution in [0.5, 0.6) is 0 Å². The summed E-state index contributed by atoms with van der Waals surface area (Å²) in [5, 5.41) is 0. The van der Waals surface area contributed by atoms with Gasteiger partial charge in [-0.25, -0.2) is 9.59 Å². The number of ether oxygens (including phenoxy) is 4. The van der Waals surface area contributed by atoms with Crippen molar-refractivity contribution < 1.29 is 28.5 Å². The molecule has 0 amide bonds. The Morgan fingerprint density at radius 3 is 1.67 bits per heavy atom. The third-order valence-corrected chi connectivity index (χ3v) is 1.88. The number of allylic oxidation sites excluding steroid dienone is 2. The Kier molecular flexibility index (Phi) is 5.32. The molecule has 0 spiro atoms. The van der Waals surface area contributed by atoms with E-state index >= 15 is 0 Å². The fraction of sp³-hybridized carbons (Fsp3) is 0.333. The van der Waals surface area contributed by atoms with Crippen molar-refractivity contribution in [1.29, 1.82) is 0 Å². The standard InChI is InChI=1S/C12H12O6/c1-15-11(13)7-17-9-5-3-4-6-10(9)18-8-12(14)16-2/h5-6H,7-8H2,1-2H3. The van der Waals surface area contributed by atoms with Crippen LogP contribution in [0.3, 0.4) is 0 Å². The highest BCUT2D eigenvalue weighted by molar-refractivity contribution is 5.71. The second kappa shape index (κ2) is 7.01. The smallest absolute Gasteiger partial charge is 0.343 e. The van der Waals surface area contributed by atoms with Crippen LogP contribution < -0.4 is 0 Å². The van der Waals surface area contributed by atoms with Crippen LogP contribution in [0.15, 0.2) is 35.1 Å². The van der Waals surface area contributed by atoms with E-state index in [9.17, 15) is 9.59 Å². The number of carbonyl (C=O) groups excluding carboxylic acids is 2. The molecule has 0 aromatic carbocycles. The summed E-state index contributed by atoms with van der Waals surface area (Å²) in [5.74, 6) is -0.519.